The molecule has 28 heavy (non-hydrogen) atoms. The molecule has 0 radical (unpaired) electrons. The Morgan fingerprint density at radius 1 is 1.32 bits per heavy atom. The SMILES string of the molecule is CCNC(=NCCc1cnn(C)c1)NC1CC2(CCCC2)Oc2ccccc21. The number of nitrogens with one attached hydrogen (secondary N) is 2. The molecule has 1 saturated carbocycles. The van der Waals surface area contributed by atoms with Crippen molar-refractivity contribution >= 4 is 5.96 Å². The maximum absolute atomic E-state index is 6.48. The van der Waals surface area contributed by atoms with Crippen molar-refractivity contribution in [2.75, 3.05) is 13.1 Å². The number of aromatic nitrogens is 2. The molecule has 6 heteroatoms. The van der Waals surface area contributed by atoms with Gasteiger partial charge < -0.3 is 15.4 Å². The van der Waals surface area contributed by atoms with Gasteiger partial charge in [0.1, 0.15) is 11.4 Å². The number of aliphatic imine (C=N–C) groups is 1. The van der Waals surface area contributed by atoms with E-state index in [0.717, 1.165) is 50.5 Å². The van der Waals surface area contributed by atoms with Gasteiger partial charge in [0.2, 0.25) is 0 Å². The zero-order valence-electron chi connectivity index (χ0n) is 16.9. The number of benzene rings is 1. The summed E-state index contributed by atoms with van der Waals surface area (Å²) in [6.45, 7) is 3.68. The Morgan fingerprint density at radius 3 is 2.89 bits per heavy atom. The Bertz CT molecular complexity index is 822. The molecule has 2 aliphatic rings. The number of nitrogens with zero attached hydrogens (tertiary/aromatic N) is 3. The Hall–Kier alpha value is -2.50. The van der Waals surface area contributed by atoms with Crippen LogP contribution in [0.5, 0.6) is 5.75 Å². The van der Waals surface area contributed by atoms with Crippen LogP contribution >= 0.6 is 0 Å². The molecular formula is C22H31N5O. The fourth-order valence-corrected chi connectivity index (χ4v) is 4.46. The highest BCUT2D eigenvalue weighted by molar-refractivity contribution is 5.80. The van der Waals surface area contributed by atoms with Gasteiger partial charge in [0.15, 0.2) is 5.96 Å². The van der Waals surface area contributed by atoms with Gasteiger partial charge in [-0.05, 0) is 50.7 Å². The average molecular weight is 382 g/mol. The Morgan fingerprint density at radius 2 is 2.14 bits per heavy atom. The van der Waals surface area contributed by atoms with Crippen LogP contribution < -0.4 is 15.4 Å². The first kappa shape index (κ1) is 18.8. The van der Waals surface area contributed by atoms with Crippen LogP contribution in [0.15, 0.2) is 41.7 Å². The Labute approximate surface area is 167 Å². The predicted molar refractivity (Wildman–Crippen MR) is 112 cm³/mol. The standard InChI is InChI=1S/C22H31N5O/c1-3-23-21(24-13-10-17-15-25-27(2)16-17)26-19-14-22(11-6-7-12-22)28-20-9-5-4-8-18(19)20/h4-5,8-9,15-16,19H,3,6-7,10-14H2,1-2H3,(H2,23,24,26). The maximum Gasteiger partial charge on any atom is 0.191 e. The highest BCUT2D eigenvalue weighted by Gasteiger charge is 2.43. The predicted octanol–water partition coefficient (Wildman–Crippen LogP) is 3.35. The van der Waals surface area contributed by atoms with Crippen molar-refractivity contribution in [3.8, 4) is 5.75 Å². The van der Waals surface area contributed by atoms with Gasteiger partial charge in [0.25, 0.3) is 0 Å². The molecule has 0 amide bonds. The monoisotopic (exact) mass is 381 g/mol. The second-order valence-electron chi connectivity index (χ2n) is 7.96. The number of guanidine groups is 1. The molecule has 4 rings (SSSR count). The van der Waals surface area contributed by atoms with E-state index < -0.39 is 0 Å². The van der Waals surface area contributed by atoms with Gasteiger partial charge in [0.05, 0.1) is 12.2 Å². The smallest absolute Gasteiger partial charge is 0.191 e. The van der Waals surface area contributed by atoms with E-state index in [9.17, 15) is 0 Å². The van der Waals surface area contributed by atoms with Gasteiger partial charge in [-0.1, -0.05) is 18.2 Å². The first-order valence-corrected chi connectivity index (χ1v) is 10.5. The van der Waals surface area contributed by atoms with E-state index in [0.29, 0.717) is 0 Å². The molecule has 150 valence electrons. The third-order valence-corrected chi connectivity index (χ3v) is 5.80. The number of para-hydroxylation sites is 1. The molecule has 2 N–H and O–H groups in total. The number of ether oxygens (including phenoxy) is 1. The lowest BCUT2D eigenvalue weighted by Gasteiger charge is -2.40. The molecule has 0 saturated heterocycles. The molecule has 1 aliphatic carbocycles. The van der Waals surface area contributed by atoms with E-state index in [1.807, 2.05) is 17.9 Å². The van der Waals surface area contributed by atoms with Crippen LogP contribution in [0.4, 0.5) is 0 Å². The molecule has 1 unspecified atom stereocenters. The largest absolute Gasteiger partial charge is 0.487 e. The summed E-state index contributed by atoms with van der Waals surface area (Å²) in [4.78, 5) is 4.82. The Kier molecular flexibility index (Phi) is 5.55. The summed E-state index contributed by atoms with van der Waals surface area (Å²) in [7, 11) is 1.94. The van der Waals surface area contributed by atoms with Crippen LogP contribution in [0.3, 0.4) is 0 Å². The molecule has 0 bridgehead atoms. The van der Waals surface area contributed by atoms with Gasteiger partial charge in [-0.2, -0.15) is 5.10 Å². The van der Waals surface area contributed by atoms with Gasteiger partial charge in [0, 0.05) is 38.3 Å². The fourth-order valence-electron chi connectivity index (χ4n) is 4.46. The number of hydrogen-bond donors (Lipinski definition) is 2. The second kappa shape index (κ2) is 8.25. The molecule has 6 nitrogen and oxygen atoms in total. The maximum atomic E-state index is 6.48. The summed E-state index contributed by atoms with van der Waals surface area (Å²) in [6.07, 6.45) is 10.7. The van der Waals surface area contributed by atoms with Crippen molar-refractivity contribution in [1.29, 1.82) is 0 Å². The van der Waals surface area contributed by atoms with Crippen LogP contribution in [-0.2, 0) is 13.5 Å². The lowest BCUT2D eigenvalue weighted by atomic mass is 9.86. The summed E-state index contributed by atoms with van der Waals surface area (Å²) in [5, 5.41) is 11.3. The fraction of sp³-hybridized carbons (Fsp3) is 0.545. The van der Waals surface area contributed by atoms with Gasteiger partial charge in [-0.3, -0.25) is 9.67 Å². The van der Waals surface area contributed by atoms with Crippen LogP contribution in [0.2, 0.25) is 0 Å². The lowest BCUT2D eigenvalue weighted by Crippen LogP contribution is -2.46. The third-order valence-electron chi connectivity index (χ3n) is 5.80. The minimum Gasteiger partial charge on any atom is -0.487 e. The van der Waals surface area contributed by atoms with Crippen molar-refractivity contribution < 1.29 is 4.74 Å². The van der Waals surface area contributed by atoms with E-state index >= 15 is 0 Å². The normalized spacial score (nSPS) is 20.6. The van der Waals surface area contributed by atoms with Crippen molar-refractivity contribution in [3.05, 3.63) is 47.8 Å². The summed E-state index contributed by atoms with van der Waals surface area (Å²) in [5.74, 6) is 1.90. The second-order valence-corrected chi connectivity index (χ2v) is 7.96. The van der Waals surface area contributed by atoms with Crippen LogP contribution in [0.25, 0.3) is 0 Å². The summed E-state index contributed by atoms with van der Waals surface area (Å²) < 4.78 is 8.32. The molecule has 1 atom stereocenters. The van der Waals surface area contributed by atoms with Crippen molar-refractivity contribution in [3.63, 3.8) is 0 Å². The topological polar surface area (TPSA) is 63.5 Å². The van der Waals surface area contributed by atoms with E-state index in [2.05, 4.69) is 53.1 Å². The van der Waals surface area contributed by atoms with Crippen LogP contribution in [0, 0.1) is 0 Å². The molecule has 1 spiro atoms. The highest BCUT2D eigenvalue weighted by Crippen LogP contribution is 2.46. The quantitative estimate of drug-likeness (QED) is 0.616. The van der Waals surface area contributed by atoms with Crippen molar-refractivity contribution in [2.24, 2.45) is 12.0 Å². The summed E-state index contributed by atoms with van der Waals surface area (Å²) >= 11 is 0. The highest BCUT2D eigenvalue weighted by atomic mass is 16.5. The van der Waals surface area contributed by atoms with Crippen LogP contribution in [-0.4, -0.2) is 34.4 Å². The first-order valence-electron chi connectivity index (χ1n) is 10.5. The molecule has 1 aromatic heterocycles. The van der Waals surface area contributed by atoms with Gasteiger partial charge >= 0.3 is 0 Å². The third kappa shape index (κ3) is 4.16. The van der Waals surface area contributed by atoms with Crippen molar-refractivity contribution in [2.45, 2.75) is 57.1 Å². The average Bonchev–Trinajstić information content (AvgIpc) is 3.31. The first-order chi connectivity index (χ1) is 13.7. The molecule has 2 heterocycles. The summed E-state index contributed by atoms with van der Waals surface area (Å²) in [6, 6.07) is 8.66. The number of hydrogen-bond acceptors (Lipinski definition) is 3. The van der Waals surface area contributed by atoms with Gasteiger partial charge in [-0.25, -0.2) is 0 Å². The molecule has 1 aliphatic heterocycles. The Balaban J connectivity index is 1.49. The van der Waals surface area contributed by atoms with E-state index in [4.69, 9.17) is 9.73 Å². The van der Waals surface area contributed by atoms with Crippen LogP contribution in [0.1, 0.15) is 56.2 Å². The zero-order chi connectivity index (χ0) is 19.4. The minimum atomic E-state index is -0.0148. The van der Waals surface area contributed by atoms with Gasteiger partial charge in [-0.15, -0.1) is 0 Å². The molecule has 2 aromatic rings. The molecule has 1 fully saturated rings. The van der Waals surface area contributed by atoms with E-state index in [-0.39, 0.29) is 11.6 Å². The van der Waals surface area contributed by atoms with E-state index in [1.54, 1.807) is 0 Å². The van der Waals surface area contributed by atoms with Crippen molar-refractivity contribution in [1.82, 2.24) is 20.4 Å². The zero-order valence-corrected chi connectivity index (χ0v) is 16.9. The number of fused-ring (bicyclic) bond motifs is 1. The molecule has 1 aromatic carbocycles. The lowest BCUT2D eigenvalue weighted by molar-refractivity contribution is 0.0396. The number of rotatable bonds is 5. The minimum absolute atomic E-state index is 0.0148. The van der Waals surface area contributed by atoms with E-state index in [1.165, 1.54) is 24.0 Å². The summed E-state index contributed by atoms with van der Waals surface area (Å²) in [5.41, 5.74) is 2.43. The number of aryl methyl sites for hydroxylation is 1. The molecular weight excluding hydrogens is 350 g/mol.